The van der Waals surface area contributed by atoms with Crippen molar-refractivity contribution in [2.24, 2.45) is 0 Å². The van der Waals surface area contributed by atoms with Gasteiger partial charge in [0.15, 0.2) is 0 Å². The molecular formula is C15H17NO2S2. The lowest BCUT2D eigenvalue weighted by Gasteiger charge is -2.14. The van der Waals surface area contributed by atoms with Crippen LogP contribution in [-0.4, -0.2) is 28.8 Å². The molecule has 0 bridgehead atoms. The molecule has 0 amide bonds. The topological polar surface area (TPSA) is 39.2 Å². The molecule has 106 valence electrons. The maximum Gasteiger partial charge on any atom is 0.127 e. The van der Waals surface area contributed by atoms with Crippen molar-refractivity contribution in [3.63, 3.8) is 0 Å². The second-order valence-electron chi connectivity index (χ2n) is 4.31. The summed E-state index contributed by atoms with van der Waals surface area (Å²) in [4.78, 5) is 4.15. The fourth-order valence-electron chi connectivity index (χ4n) is 2.29. The van der Waals surface area contributed by atoms with Crippen molar-refractivity contribution in [1.29, 1.82) is 0 Å². The van der Waals surface area contributed by atoms with Crippen molar-refractivity contribution in [3.05, 3.63) is 40.4 Å². The van der Waals surface area contributed by atoms with Gasteiger partial charge in [-0.15, -0.1) is 11.8 Å². The lowest BCUT2D eigenvalue weighted by molar-refractivity contribution is 0.414. The van der Waals surface area contributed by atoms with Gasteiger partial charge in [0.05, 0.1) is 22.1 Å². The molecule has 2 aromatic rings. The van der Waals surface area contributed by atoms with Crippen LogP contribution in [-0.2, 0) is 10.8 Å². The maximum atomic E-state index is 11.9. The first-order valence-electron chi connectivity index (χ1n) is 6.09. The van der Waals surface area contributed by atoms with E-state index in [1.54, 1.807) is 19.6 Å². The third-order valence-corrected chi connectivity index (χ3v) is 5.84. The van der Waals surface area contributed by atoms with Gasteiger partial charge in [0.1, 0.15) is 5.75 Å². The fourth-order valence-corrected chi connectivity index (χ4v) is 4.17. The van der Waals surface area contributed by atoms with E-state index in [9.17, 15) is 4.21 Å². The minimum absolute atomic E-state index is 0.790. The molecule has 0 saturated heterocycles. The normalized spacial score (nSPS) is 14.0. The summed E-state index contributed by atoms with van der Waals surface area (Å²) >= 11 is 1.52. The minimum Gasteiger partial charge on any atom is -0.496 e. The number of ether oxygens (including phenoxy) is 1. The highest BCUT2D eigenvalue weighted by atomic mass is 32.2. The number of hydrogen-bond donors (Lipinski definition) is 0. The standard InChI is InChI=1S/C15H17NO2S2/c1-10(15(19-3)20(4)17)14-12-7-8-16-9-11(12)5-6-13(14)18-2/h5-9H,1-4H3/b15-10+. The van der Waals surface area contributed by atoms with Gasteiger partial charge >= 0.3 is 0 Å². The average molecular weight is 307 g/mol. The summed E-state index contributed by atoms with van der Waals surface area (Å²) < 4.78 is 18.3. The molecule has 0 spiro atoms. The van der Waals surface area contributed by atoms with Crippen LogP contribution >= 0.6 is 11.8 Å². The van der Waals surface area contributed by atoms with E-state index >= 15 is 0 Å². The Balaban J connectivity index is 2.84. The Morgan fingerprint density at radius 1 is 1.35 bits per heavy atom. The van der Waals surface area contributed by atoms with E-state index in [4.69, 9.17) is 4.74 Å². The summed E-state index contributed by atoms with van der Waals surface area (Å²) in [5.41, 5.74) is 1.99. The number of pyridine rings is 1. The number of fused-ring (bicyclic) bond motifs is 1. The van der Waals surface area contributed by atoms with Crippen LogP contribution in [0.5, 0.6) is 5.75 Å². The molecule has 0 fully saturated rings. The molecular weight excluding hydrogens is 290 g/mol. The lowest BCUT2D eigenvalue weighted by atomic mass is 10.0. The second-order valence-corrected chi connectivity index (χ2v) is 6.70. The van der Waals surface area contributed by atoms with Gasteiger partial charge < -0.3 is 4.74 Å². The van der Waals surface area contributed by atoms with Gasteiger partial charge in [0, 0.05) is 29.6 Å². The van der Waals surface area contributed by atoms with Crippen molar-refractivity contribution in [3.8, 4) is 5.75 Å². The molecule has 20 heavy (non-hydrogen) atoms. The molecule has 3 nitrogen and oxygen atoms in total. The number of nitrogens with zero attached hydrogens (tertiary/aromatic N) is 1. The van der Waals surface area contributed by atoms with Crippen LogP contribution in [0.3, 0.4) is 0 Å². The molecule has 0 saturated carbocycles. The first-order valence-corrected chi connectivity index (χ1v) is 8.87. The van der Waals surface area contributed by atoms with E-state index in [1.165, 1.54) is 11.8 Å². The lowest BCUT2D eigenvalue weighted by Crippen LogP contribution is -1.97. The summed E-state index contributed by atoms with van der Waals surface area (Å²) in [6, 6.07) is 5.88. The van der Waals surface area contributed by atoms with E-state index < -0.39 is 10.8 Å². The number of rotatable bonds is 4. The highest BCUT2D eigenvalue weighted by Crippen LogP contribution is 2.37. The smallest absolute Gasteiger partial charge is 0.127 e. The molecule has 1 aromatic carbocycles. The van der Waals surface area contributed by atoms with Crippen LogP contribution in [0.2, 0.25) is 0 Å². The molecule has 1 unspecified atom stereocenters. The van der Waals surface area contributed by atoms with Crippen LogP contribution in [0.1, 0.15) is 12.5 Å². The van der Waals surface area contributed by atoms with Gasteiger partial charge in [-0.3, -0.25) is 9.19 Å². The highest BCUT2D eigenvalue weighted by molar-refractivity contribution is 8.16. The number of hydrogen-bond acceptors (Lipinski definition) is 4. The number of aromatic nitrogens is 1. The summed E-state index contributed by atoms with van der Waals surface area (Å²) in [6.07, 6.45) is 7.24. The molecule has 0 radical (unpaired) electrons. The molecule has 1 heterocycles. The summed E-state index contributed by atoms with van der Waals surface area (Å²) in [6.45, 7) is 1.99. The van der Waals surface area contributed by atoms with Crippen molar-refractivity contribution in [1.82, 2.24) is 4.98 Å². The molecule has 5 heteroatoms. The van der Waals surface area contributed by atoms with Gasteiger partial charge in [-0.05, 0) is 42.3 Å². The molecule has 0 aliphatic rings. The Hall–Kier alpha value is -1.33. The van der Waals surface area contributed by atoms with Crippen LogP contribution in [0, 0.1) is 0 Å². The molecule has 2 rings (SSSR count). The summed E-state index contributed by atoms with van der Waals surface area (Å²) in [7, 11) is 0.638. The zero-order chi connectivity index (χ0) is 14.7. The van der Waals surface area contributed by atoms with E-state index in [-0.39, 0.29) is 0 Å². The SMILES string of the molecule is COc1ccc2cnccc2c1/C(C)=C(\SC)S(C)=O. The first kappa shape index (κ1) is 15.1. The largest absolute Gasteiger partial charge is 0.496 e. The first-order chi connectivity index (χ1) is 9.60. The third kappa shape index (κ3) is 2.74. The number of thioether (sulfide) groups is 1. The second kappa shape index (κ2) is 6.41. The average Bonchev–Trinajstić information content (AvgIpc) is 2.46. The van der Waals surface area contributed by atoms with Gasteiger partial charge in [0.2, 0.25) is 0 Å². The van der Waals surface area contributed by atoms with E-state index in [0.717, 1.165) is 31.9 Å². The number of benzene rings is 1. The van der Waals surface area contributed by atoms with E-state index in [0.29, 0.717) is 0 Å². The van der Waals surface area contributed by atoms with Crippen molar-refractivity contribution in [2.75, 3.05) is 19.6 Å². The quantitative estimate of drug-likeness (QED) is 0.864. The summed E-state index contributed by atoms with van der Waals surface area (Å²) in [5, 5.41) is 2.11. The Labute approximate surface area is 125 Å². The monoisotopic (exact) mass is 307 g/mol. The van der Waals surface area contributed by atoms with Crippen molar-refractivity contribution >= 4 is 38.9 Å². The van der Waals surface area contributed by atoms with Gasteiger partial charge in [-0.2, -0.15) is 0 Å². The van der Waals surface area contributed by atoms with E-state index in [2.05, 4.69) is 4.98 Å². The maximum absolute atomic E-state index is 11.9. The van der Waals surface area contributed by atoms with Crippen LogP contribution in [0.25, 0.3) is 16.3 Å². The Kier molecular flexibility index (Phi) is 4.83. The molecule has 0 N–H and O–H groups in total. The predicted octanol–water partition coefficient (Wildman–Crippen LogP) is 3.67. The van der Waals surface area contributed by atoms with Gasteiger partial charge in [-0.1, -0.05) is 0 Å². The number of allylic oxidation sites excluding steroid dienone is 1. The predicted molar refractivity (Wildman–Crippen MR) is 88.5 cm³/mol. The van der Waals surface area contributed by atoms with Crippen LogP contribution in [0.4, 0.5) is 0 Å². The zero-order valence-electron chi connectivity index (χ0n) is 12.0. The molecule has 0 aliphatic heterocycles. The Morgan fingerprint density at radius 2 is 2.10 bits per heavy atom. The minimum atomic E-state index is -1.02. The van der Waals surface area contributed by atoms with Crippen LogP contribution < -0.4 is 4.74 Å². The molecule has 1 atom stereocenters. The van der Waals surface area contributed by atoms with Gasteiger partial charge in [-0.25, -0.2) is 0 Å². The fraction of sp³-hybridized carbons (Fsp3) is 0.267. The number of methoxy groups -OCH3 is 1. The van der Waals surface area contributed by atoms with Crippen molar-refractivity contribution in [2.45, 2.75) is 6.92 Å². The highest BCUT2D eigenvalue weighted by Gasteiger charge is 2.15. The molecule has 0 aliphatic carbocycles. The zero-order valence-corrected chi connectivity index (χ0v) is 13.6. The Bertz CT molecular complexity index is 695. The van der Waals surface area contributed by atoms with Gasteiger partial charge in [0.25, 0.3) is 0 Å². The molecule has 1 aromatic heterocycles. The Morgan fingerprint density at radius 3 is 2.70 bits per heavy atom. The summed E-state index contributed by atoms with van der Waals surface area (Å²) in [5.74, 6) is 0.790. The van der Waals surface area contributed by atoms with Crippen molar-refractivity contribution < 1.29 is 8.95 Å². The van der Waals surface area contributed by atoms with Crippen LogP contribution in [0.15, 0.2) is 34.8 Å². The third-order valence-electron chi connectivity index (χ3n) is 3.13. The van der Waals surface area contributed by atoms with E-state index in [1.807, 2.05) is 37.6 Å².